The van der Waals surface area contributed by atoms with Gasteiger partial charge in [-0.2, -0.15) is 5.10 Å². The van der Waals surface area contributed by atoms with E-state index >= 15 is 0 Å². The average molecular weight is 249 g/mol. The molecule has 0 aromatic carbocycles. The number of nitrogens with zero attached hydrogens (tertiary/aromatic N) is 2. The van der Waals surface area contributed by atoms with Crippen LogP contribution in [-0.4, -0.2) is 16.3 Å². The summed E-state index contributed by atoms with van der Waals surface area (Å²) in [5.74, 6) is 0.809. The summed E-state index contributed by atoms with van der Waals surface area (Å²) in [6.07, 6.45) is 9.86. The van der Waals surface area contributed by atoms with Crippen LogP contribution in [0.25, 0.3) is 0 Å². The van der Waals surface area contributed by atoms with E-state index in [1.165, 1.54) is 37.8 Å². The minimum absolute atomic E-state index is 0.515. The fraction of sp³-hybridized carbons (Fsp3) is 0.800. The summed E-state index contributed by atoms with van der Waals surface area (Å²) >= 11 is 0. The maximum atomic E-state index is 4.48. The van der Waals surface area contributed by atoms with Gasteiger partial charge in [0.05, 0.1) is 11.7 Å². The lowest BCUT2D eigenvalue weighted by atomic mass is 9.95. The maximum absolute atomic E-state index is 4.48. The number of hydrogen-bond acceptors (Lipinski definition) is 2. The second-order valence-electron chi connectivity index (χ2n) is 5.46. The van der Waals surface area contributed by atoms with Gasteiger partial charge in [0, 0.05) is 12.7 Å². The van der Waals surface area contributed by atoms with Crippen LogP contribution in [0.3, 0.4) is 0 Å². The molecule has 1 N–H and O–H groups in total. The molecule has 0 radical (unpaired) electrons. The second kappa shape index (κ2) is 6.93. The van der Waals surface area contributed by atoms with Crippen LogP contribution in [0.15, 0.2) is 12.3 Å². The van der Waals surface area contributed by atoms with Crippen molar-refractivity contribution >= 4 is 0 Å². The molecule has 1 aliphatic carbocycles. The van der Waals surface area contributed by atoms with Crippen molar-refractivity contribution in [2.24, 2.45) is 5.92 Å². The van der Waals surface area contributed by atoms with Gasteiger partial charge in [-0.3, -0.25) is 4.68 Å². The van der Waals surface area contributed by atoms with E-state index in [-0.39, 0.29) is 0 Å². The van der Waals surface area contributed by atoms with Crippen molar-refractivity contribution in [3.8, 4) is 0 Å². The lowest BCUT2D eigenvalue weighted by Crippen LogP contribution is -2.30. The Morgan fingerprint density at radius 2 is 2.11 bits per heavy atom. The van der Waals surface area contributed by atoms with E-state index in [1.54, 1.807) is 0 Å². The molecule has 1 aromatic heterocycles. The predicted octanol–water partition coefficient (Wildman–Crippen LogP) is 3.52. The summed E-state index contributed by atoms with van der Waals surface area (Å²) in [4.78, 5) is 0. The largest absolute Gasteiger partial charge is 0.308 e. The smallest absolute Gasteiger partial charge is 0.0556 e. The molecule has 3 heteroatoms. The van der Waals surface area contributed by atoms with Crippen molar-refractivity contribution in [3.63, 3.8) is 0 Å². The van der Waals surface area contributed by atoms with Crippen LogP contribution in [0.2, 0.25) is 0 Å². The fourth-order valence-electron chi connectivity index (χ4n) is 3.11. The standard InChI is InChI=1S/C15H27N3/c1-3-10-16-15(13-7-5-6-8-13)14-9-11-17-18(14)12-4-2/h9,11,13,15-16H,3-8,10,12H2,1-2H3. The second-order valence-corrected chi connectivity index (χ2v) is 5.46. The number of hydrogen-bond donors (Lipinski definition) is 1. The average Bonchev–Trinajstić information content (AvgIpc) is 3.02. The molecule has 18 heavy (non-hydrogen) atoms. The zero-order valence-corrected chi connectivity index (χ0v) is 11.9. The molecule has 1 aliphatic rings. The topological polar surface area (TPSA) is 29.9 Å². The number of rotatable bonds is 7. The van der Waals surface area contributed by atoms with Gasteiger partial charge in [-0.25, -0.2) is 0 Å². The van der Waals surface area contributed by atoms with Gasteiger partial charge in [0.1, 0.15) is 0 Å². The van der Waals surface area contributed by atoms with Gasteiger partial charge in [-0.05, 0) is 44.2 Å². The molecule has 1 heterocycles. The van der Waals surface area contributed by atoms with Crippen molar-refractivity contribution < 1.29 is 0 Å². The third kappa shape index (κ3) is 3.14. The molecule has 3 nitrogen and oxygen atoms in total. The van der Waals surface area contributed by atoms with E-state index in [1.807, 2.05) is 6.20 Å². The van der Waals surface area contributed by atoms with Crippen molar-refractivity contribution in [1.82, 2.24) is 15.1 Å². The van der Waals surface area contributed by atoms with Crippen molar-refractivity contribution in [3.05, 3.63) is 18.0 Å². The van der Waals surface area contributed by atoms with Crippen LogP contribution in [-0.2, 0) is 6.54 Å². The molecule has 1 unspecified atom stereocenters. The Morgan fingerprint density at radius 1 is 1.33 bits per heavy atom. The van der Waals surface area contributed by atoms with Gasteiger partial charge < -0.3 is 5.32 Å². The maximum Gasteiger partial charge on any atom is 0.0556 e. The van der Waals surface area contributed by atoms with E-state index in [9.17, 15) is 0 Å². The SMILES string of the molecule is CCCNC(c1ccnn1CCC)C1CCCC1. The molecule has 1 saturated carbocycles. The van der Waals surface area contributed by atoms with Gasteiger partial charge in [0.15, 0.2) is 0 Å². The first-order valence-electron chi connectivity index (χ1n) is 7.61. The van der Waals surface area contributed by atoms with E-state index in [0.717, 1.165) is 25.4 Å². The first-order valence-corrected chi connectivity index (χ1v) is 7.61. The minimum Gasteiger partial charge on any atom is -0.308 e. The lowest BCUT2D eigenvalue weighted by molar-refractivity contribution is 0.344. The van der Waals surface area contributed by atoms with Crippen molar-refractivity contribution in [2.75, 3.05) is 6.54 Å². The highest BCUT2D eigenvalue weighted by Gasteiger charge is 2.27. The van der Waals surface area contributed by atoms with Gasteiger partial charge in [-0.15, -0.1) is 0 Å². The monoisotopic (exact) mass is 249 g/mol. The predicted molar refractivity (Wildman–Crippen MR) is 75.5 cm³/mol. The van der Waals surface area contributed by atoms with Crippen LogP contribution in [0.5, 0.6) is 0 Å². The zero-order chi connectivity index (χ0) is 12.8. The Kier molecular flexibility index (Phi) is 5.24. The van der Waals surface area contributed by atoms with Gasteiger partial charge in [0.2, 0.25) is 0 Å². The molecule has 102 valence electrons. The molecule has 0 amide bonds. The quantitative estimate of drug-likeness (QED) is 0.801. The van der Waals surface area contributed by atoms with Crippen molar-refractivity contribution in [1.29, 1.82) is 0 Å². The molecule has 1 aromatic rings. The molecule has 2 rings (SSSR count). The number of aryl methyl sites for hydroxylation is 1. The summed E-state index contributed by atoms with van der Waals surface area (Å²) in [6.45, 7) is 6.61. The lowest BCUT2D eigenvalue weighted by Gasteiger charge is -2.25. The van der Waals surface area contributed by atoms with Crippen LogP contribution in [0.4, 0.5) is 0 Å². The minimum atomic E-state index is 0.515. The van der Waals surface area contributed by atoms with E-state index in [4.69, 9.17) is 0 Å². The van der Waals surface area contributed by atoms with E-state index in [2.05, 4.69) is 35.0 Å². The normalized spacial score (nSPS) is 18.3. The highest BCUT2D eigenvalue weighted by Crippen LogP contribution is 2.35. The molecule has 0 saturated heterocycles. The van der Waals surface area contributed by atoms with Crippen molar-refractivity contribution in [2.45, 2.75) is 65.0 Å². The molecular weight excluding hydrogens is 222 g/mol. The Morgan fingerprint density at radius 3 is 2.78 bits per heavy atom. The molecule has 1 atom stereocenters. The van der Waals surface area contributed by atoms with Crippen LogP contribution < -0.4 is 5.32 Å². The van der Waals surface area contributed by atoms with Gasteiger partial charge in [0.25, 0.3) is 0 Å². The van der Waals surface area contributed by atoms with Crippen LogP contribution >= 0.6 is 0 Å². The molecule has 0 bridgehead atoms. The third-order valence-electron chi connectivity index (χ3n) is 3.99. The first-order chi connectivity index (χ1) is 8.86. The fourth-order valence-corrected chi connectivity index (χ4v) is 3.11. The summed E-state index contributed by atoms with van der Waals surface area (Å²) in [6, 6.07) is 2.72. The highest BCUT2D eigenvalue weighted by atomic mass is 15.3. The molecule has 0 aliphatic heterocycles. The number of aromatic nitrogens is 2. The van der Waals surface area contributed by atoms with Gasteiger partial charge in [-0.1, -0.05) is 26.7 Å². The van der Waals surface area contributed by atoms with Crippen LogP contribution in [0.1, 0.15) is 64.1 Å². The highest BCUT2D eigenvalue weighted by molar-refractivity contribution is 5.09. The Balaban J connectivity index is 2.12. The number of nitrogens with one attached hydrogen (secondary N) is 1. The van der Waals surface area contributed by atoms with E-state index < -0.39 is 0 Å². The molecule has 0 spiro atoms. The molecule has 1 fully saturated rings. The summed E-state index contributed by atoms with van der Waals surface area (Å²) in [5, 5.41) is 8.23. The molecular formula is C15H27N3. The zero-order valence-electron chi connectivity index (χ0n) is 11.9. The summed E-state index contributed by atoms with van der Waals surface area (Å²) in [5.41, 5.74) is 1.40. The Hall–Kier alpha value is -0.830. The van der Waals surface area contributed by atoms with E-state index in [0.29, 0.717) is 6.04 Å². The third-order valence-corrected chi connectivity index (χ3v) is 3.99. The summed E-state index contributed by atoms with van der Waals surface area (Å²) in [7, 11) is 0. The summed E-state index contributed by atoms with van der Waals surface area (Å²) < 4.78 is 2.20. The van der Waals surface area contributed by atoms with Crippen LogP contribution in [0, 0.1) is 5.92 Å². The Labute approximate surface area is 111 Å². The van der Waals surface area contributed by atoms with Gasteiger partial charge >= 0.3 is 0 Å². The Bertz CT molecular complexity index is 339. The first kappa shape index (κ1) is 13.6.